The van der Waals surface area contributed by atoms with Crippen molar-refractivity contribution in [1.82, 2.24) is 9.80 Å². The number of aliphatic hydroxyl groups excluding tert-OH is 1. The number of nitriles is 2. The number of nitrogen functional groups attached to an aromatic ring is 1. The Morgan fingerprint density at radius 3 is 1.67 bits per heavy atom. The Bertz CT molecular complexity index is 1920. The van der Waals surface area contributed by atoms with Gasteiger partial charge in [-0.3, -0.25) is 34.4 Å². The second-order valence-corrected chi connectivity index (χ2v) is 14.4. The molecule has 0 spiro atoms. The van der Waals surface area contributed by atoms with Crippen LogP contribution in [-0.4, -0.2) is 73.5 Å². The number of rotatable bonds is 10. The normalized spacial score (nSPS) is 14.0. The largest absolute Gasteiger partial charge is 0.480 e. The average Bonchev–Trinajstić information content (AvgIpc) is 3.51. The molecule has 2 aromatic carbocycles. The molecular weight excluding hydrogens is 706 g/mol. The molecule has 2 aliphatic heterocycles. The Balaban J connectivity index is 0.000000326. The highest BCUT2D eigenvalue weighted by molar-refractivity contribution is 6.43. The predicted molar refractivity (Wildman–Crippen MR) is 207 cm³/mol. The third kappa shape index (κ3) is 11.4. The second kappa shape index (κ2) is 19.2. The van der Waals surface area contributed by atoms with E-state index in [9.17, 15) is 29.2 Å². The molecule has 15 nitrogen and oxygen atoms in total. The standard InChI is InChI=1S/C20H24N4O4.C13H16N2O2.C7H11NO2/c1-6-12(7-2)24-17(25)13-9-8-10-14(16(13)18(24)26)22-23-15(11-21)19(27)28-20(3,4)5;1-3-8(4-2)15-12(16)9-6-5-7-10(14)11(9)13(15)17;1-7(2,3)10-6(9)4-5-8/h8-10,12,22H,6-7H2,1-5H3;5-8H,3-4,14H2,1-2H3;4,9H,1-3H3/b;;6-4-. The molecule has 2 aromatic rings. The number of hydrogen-bond acceptors (Lipinski definition) is 13. The molecule has 15 heteroatoms. The molecule has 2 heterocycles. The van der Waals surface area contributed by atoms with E-state index in [0.29, 0.717) is 29.7 Å². The highest BCUT2D eigenvalue weighted by Gasteiger charge is 2.41. The highest BCUT2D eigenvalue weighted by Crippen LogP contribution is 2.33. The third-order valence-electron chi connectivity index (χ3n) is 8.13. The van der Waals surface area contributed by atoms with Crippen molar-refractivity contribution in [3.8, 4) is 12.1 Å². The number of benzene rings is 2. The molecule has 0 aliphatic carbocycles. The molecule has 0 unspecified atom stereocenters. The van der Waals surface area contributed by atoms with Crippen LogP contribution in [0.4, 0.5) is 11.4 Å². The van der Waals surface area contributed by atoms with E-state index in [4.69, 9.17) is 25.6 Å². The van der Waals surface area contributed by atoms with E-state index in [2.05, 4.69) is 10.5 Å². The number of ether oxygens (including phenoxy) is 2. The van der Waals surface area contributed by atoms with Crippen molar-refractivity contribution in [2.75, 3.05) is 11.2 Å². The Hall–Kier alpha value is -6.22. The molecule has 0 saturated heterocycles. The first-order chi connectivity index (χ1) is 25.7. The van der Waals surface area contributed by atoms with Gasteiger partial charge in [-0.15, -0.1) is 0 Å². The van der Waals surface area contributed by atoms with Crippen LogP contribution >= 0.6 is 0 Å². The summed E-state index contributed by atoms with van der Waals surface area (Å²) in [6, 6.07) is 12.9. The Morgan fingerprint density at radius 2 is 1.25 bits per heavy atom. The lowest BCUT2D eigenvalue weighted by Gasteiger charge is -2.23. The number of carbonyl (C=O) groups is 5. The second-order valence-electron chi connectivity index (χ2n) is 14.4. The van der Waals surface area contributed by atoms with Gasteiger partial charge in [-0.05, 0) is 91.5 Å². The monoisotopic (exact) mass is 757 g/mol. The van der Waals surface area contributed by atoms with Crippen molar-refractivity contribution >= 4 is 46.7 Å². The molecular formula is C40H51N7O8. The van der Waals surface area contributed by atoms with Gasteiger partial charge >= 0.3 is 5.97 Å². The molecule has 0 radical (unpaired) electrons. The summed E-state index contributed by atoms with van der Waals surface area (Å²) in [6.07, 6.45) is 3.79. The summed E-state index contributed by atoms with van der Waals surface area (Å²) in [5, 5.41) is 29.8. The van der Waals surface area contributed by atoms with Crippen LogP contribution in [0.25, 0.3) is 0 Å². The van der Waals surface area contributed by atoms with Gasteiger partial charge in [0.05, 0.1) is 40.1 Å². The predicted octanol–water partition coefficient (Wildman–Crippen LogP) is 6.88. The van der Waals surface area contributed by atoms with Crippen LogP contribution in [0.3, 0.4) is 0 Å². The molecule has 294 valence electrons. The van der Waals surface area contributed by atoms with Gasteiger partial charge in [-0.25, -0.2) is 4.79 Å². The summed E-state index contributed by atoms with van der Waals surface area (Å²) in [5.74, 6) is -2.45. The summed E-state index contributed by atoms with van der Waals surface area (Å²) in [6.45, 7) is 18.2. The first-order valence-electron chi connectivity index (χ1n) is 17.9. The number of nitrogens with zero attached hydrogens (tertiary/aromatic N) is 5. The van der Waals surface area contributed by atoms with Crippen molar-refractivity contribution in [3.63, 3.8) is 0 Å². The van der Waals surface area contributed by atoms with Crippen LogP contribution in [0.1, 0.15) is 136 Å². The SMILES string of the molecule is CC(C)(C)O/C(O)=C\C#N.CCC(CC)N1C(=O)c2cccc(N)c2C1=O.CCC(CC)N1C(=O)c2cccc(NN=C(C#N)C(=O)OC(C)(C)C)c2C1=O. The molecule has 0 atom stereocenters. The van der Waals surface area contributed by atoms with E-state index < -0.39 is 28.8 Å². The van der Waals surface area contributed by atoms with Gasteiger partial charge in [0, 0.05) is 17.8 Å². The molecule has 4 rings (SSSR count). The maximum atomic E-state index is 12.9. The maximum absolute atomic E-state index is 12.9. The van der Waals surface area contributed by atoms with Gasteiger partial charge in [0.25, 0.3) is 29.6 Å². The lowest BCUT2D eigenvalue weighted by molar-refractivity contribution is -0.146. The minimum Gasteiger partial charge on any atom is -0.480 e. The third-order valence-corrected chi connectivity index (χ3v) is 8.13. The number of imide groups is 2. The summed E-state index contributed by atoms with van der Waals surface area (Å²) in [7, 11) is 0. The first-order valence-corrected chi connectivity index (χ1v) is 17.9. The van der Waals surface area contributed by atoms with E-state index >= 15 is 0 Å². The van der Waals surface area contributed by atoms with Gasteiger partial charge < -0.3 is 20.3 Å². The van der Waals surface area contributed by atoms with Gasteiger partial charge in [-0.2, -0.15) is 15.6 Å². The summed E-state index contributed by atoms with van der Waals surface area (Å²) < 4.78 is 10.00. The first kappa shape index (κ1) is 44.9. The summed E-state index contributed by atoms with van der Waals surface area (Å²) in [5.41, 5.74) is 8.52. The molecule has 55 heavy (non-hydrogen) atoms. The number of anilines is 2. The number of carbonyl (C=O) groups excluding carboxylic acids is 5. The van der Waals surface area contributed by atoms with E-state index in [1.54, 1.807) is 90.1 Å². The number of esters is 1. The summed E-state index contributed by atoms with van der Waals surface area (Å²) in [4.78, 5) is 64.6. The van der Waals surface area contributed by atoms with Crippen LogP contribution in [0.5, 0.6) is 0 Å². The zero-order valence-corrected chi connectivity index (χ0v) is 33.1. The number of nitrogens with one attached hydrogen (secondary N) is 1. The van der Waals surface area contributed by atoms with Gasteiger partial charge in [-0.1, -0.05) is 39.8 Å². The number of fused-ring (bicyclic) bond motifs is 2. The van der Waals surface area contributed by atoms with Crippen LogP contribution in [0, 0.1) is 22.7 Å². The number of nitrogens with two attached hydrogens (primary N) is 1. The van der Waals surface area contributed by atoms with E-state index in [-0.39, 0.29) is 52.6 Å². The number of hydrogen-bond donors (Lipinski definition) is 3. The van der Waals surface area contributed by atoms with Crippen LogP contribution < -0.4 is 11.2 Å². The molecule has 0 fully saturated rings. The Morgan fingerprint density at radius 1 is 0.800 bits per heavy atom. The van der Waals surface area contributed by atoms with Gasteiger partial charge in [0.15, 0.2) is 0 Å². The van der Waals surface area contributed by atoms with Crippen molar-refractivity contribution < 1.29 is 38.6 Å². The van der Waals surface area contributed by atoms with Crippen molar-refractivity contribution in [2.24, 2.45) is 5.10 Å². The van der Waals surface area contributed by atoms with E-state index in [1.165, 1.54) is 9.80 Å². The fourth-order valence-corrected chi connectivity index (χ4v) is 5.65. The van der Waals surface area contributed by atoms with E-state index in [0.717, 1.165) is 18.9 Å². The van der Waals surface area contributed by atoms with Crippen molar-refractivity contribution in [3.05, 3.63) is 70.7 Å². The quantitative estimate of drug-likeness (QED) is 0.0428. The van der Waals surface area contributed by atoms with Crippen LogP contribution in [0.2, 0.25) is 0 Å². The lowest BCUT2D eigenvalue weighted by atomic mass is 10.1. The number of amides is 4. The highest BCUT2D eigenvalue weighted by atomic mass is 16.6. The minimum absolute atomic E-state index is 0.0400. The van der Waals surface area contributed by atoms with Crippen molar-refractivity contribution in [2.45, 2.75) is 118 Å². The lowest BCUT2D eigenvalue weighted by Crippen LogP contribution is -2.39. The summed E-state index contributed by atoms with van der Waals surface area (Å²) >= 11 is 0. The minimum atomic E-state index is -0.879. The van der Waals surface area contributed by atoms with E-state index in [1.807, 2.05) is 27.7 Å². The molecule has 0 saturated carbocycles. The van der Waals surface area contributed by atoms with Crippen LogP contribution in [-0.2, 0) is 14.3 Å². The fourth-order valence-electron chi connectivity index (χ4n) is 5.65. The van der Waals surface area contributed by atoms with Gasteiger partial charge in [0.2, 0.25) is 5.71 Å². The number of aliphatic hydroxyl groups is 1. The zero-order valence-electron chi connectivity index (χ0n) is 33.1. The Labute approximate surface area is 322 Å². The molecule has 4 amide bonds. The van der Waals surface area contributed by atoms with Crippen molar-refractivity contribution in [1.29, 1.82) is 10.5 Å². The van der Waals surface area contributed by atoms with Gasteiger partial charge in [0.1, 0.15) is 17.3 Å². The molecule has 0 bridgehead atoms. The average molecular weight is 758 g/mol. The zero-order chi connectivity index (χ0) is 41.8. The Kier molecular flexibility index (Phi) is 15.7. The smallest absolute Gasteiger partial charge is 0.370 e. The number of allylic oxidation sites excluding steroid dienone is 1. The molecule has 4 N–H and O–H groups in total. The van der Waals surface area contributed by atoms with Crippen LogP contribution in [0.15, 0.2) is 53.5 Å². The maximum Gasteiger partial charge on any atom is 0.370 e. The molecule has 0 aromatic heterocycles. The topological polar surface area (TPSA) is 229 Å². The molecule has 2 aliphatic rings. The number of hydrazone groups is 1. The fraction of sp³-hybridized carbons (Fsp3) is 0.450.